The van der Waals surface area contributed by atoms with Crippen LogP contribution in [0.4, 0.5) is 16.3 Å². The smallest absolute Gasteiger partial charge is 0.410 e. The lowest BCUT2D eigenvalue weighted by Crippen LogP contribution is -2.43. The van der Waals surface area contributed by atoms with Gasteiger partial charge >= 0.3 is 6.09 Å². The molecule has 0 saturated carbocycles. The molecule has 3 fully saturated rings. The summed E-state index contributed by atoms with van der Waals surface area (Å²) in [7, 11) is 0. The molecule has 6 rings (SSSR count). The van der Waals surface area contributed by atoms with E-state index in [0.29, 0.717) is 24.6 Å². The number of nitrogen functional groups attached to an aromatic ring is 1. The number of hydrogen-bond acceptors (Lipinski definition) is 8. The lowest BCUT2D eigenvalue weighted by Gasteiger charge is -2.34. The van der Waals surface area contributed by atoms with Crippen LogP contribution in [0.15, 0.2) is 30.5 Å². The van der Waals surface area contributed by atoms with Crippen LogP contribution in [0.2, 0.25) is 0 Å². The number of likely N-dealkylation sites (tertiary alicyclic amines) is 1. The minimum absolute atomic E-state index is 0.138. The fourth-order valence-corrected chi connectivity index (χ4v) is 5.59. The Morgan fingerprint density at radius 3 is 2.35 bits per heavy atom. The number of carbonyl (C=O) groups excluding carboxylic acids is 1. The molecule has 37 heavy (non-hydrogen) atoms. The van der Waals surface area contributed by atoms with Gasteiger partial charge in [-0.2, -0.15) is 5.10 Å². The first-order chi connectivity index (χ1) is 17.7. The Bertz CT molecular complexity index is 1280. The van der Waals surface area contributed by atoms with Gasteiger partial charge in [-0.25, -0.2) is 19.4 Å². The van der Waals surface area contributed by atoms with Gasteiger partial charge in [-0.1, -0.05) is 0 Å². The molecule has 3 saturated heterocycles. The molecule has 2 aromatic heterocycles. The van der Waals surface area contributed by atoms with Gasteiger partial charge < -0.3 is 25.0 Å². The average molecular weight is 506 g/mol. The lowest BCUT2D eigenvalue weighted by atomic mass is 10.1. The number of nitrogens with zero attached hydrogens (tertiary/aromatic N) is 6. The highest BCUT2D eigenvalue weighted by atomic mass is 16.6. The van der Waals surface area contributed by atoms with Gasteiger partial charge in [-0.3, -0.25) is 0 Å². The maximum Gasteiger partial charge on any atom is 0.410 e. The number of rotatable bonds is 3. The van der Waals surface area contributed by atoms with E-state index in [-0.39, 0.29) is 24.3 Å². The first-order valence-corrected chi connectivity index (χ1v) is 13.2. The van der Waals surface area contributed by atoms with Gasteiger partial charge in [0.1, 0.15) is 11.4 Å². The van der Waals surface area contributed by atoms with Crippen molar-refractivity contribution < 1.29 is 14.3 Å². The Morgan fingerprint density at radius 2 is 1.70 bits per heavy atom. The zero-order chi connectivity index (χ0) is 25.7. The summed E-state index contributed by atoms with van der Waals surface area (Å²) in [4.78, 5) is 26.7. The third-order valence-corrected chi connectivity index (χ3v) is 7.41. The molecule has 0 radical (unpaired) electrons. The molecule has 10 heteroatoms. The molecule has 3 aliphatic rings. The quantitative estimate of drug-likeness (QED) is 0.532. The van der Waals surface area contributed by atoms with Gasteiger partial charge in [0.2, 0.25) is 0 Å². The Balaban J connectivity index is 1.33. The standard InChI is InChI=1S/C27H35N7O3/c1-27(2,3)37-26(35)32-12-10-19(11-13-32)34-25-22(14-29-34)24(33-15-20-8-9-21(16-33)36-20)30-23(31-25)17-4-6-18(28)7-5-17/h4-7,14,19-21H,8-13,15-16,28H2,1-3H3. The number of anilines is 2. The van der Waals surface area contributed by atoms with E-state index in [1.54, 1.807) is 4.90 Å². The van der Waals surface area contributed by atoms with Crippen LogP contribution in [0.25, 0.3) is 22.4 Å². The van der Waals surface area contributed by atoms with Crippen LogP contribution in [0.1, 0.15) is 52.5 Å². The van der Waals surface area contributed by atoms with Gasteiger partial charge in [-0.05, 0) is 70.7 Å². The summed E-state index contributed by atoms with van der Waals surface area (Å²) in [6.07, 6.45) is 5.89. The first kappa shape index (κ1) is 24.0. The molecule has 3 aromatic rings. The number of ether oxygens (including phenoxy) is 2. The van der Waals surface area contributed by atoms with Gasteiger partial charge in [0.15, 0.2) is 11.5 Å². The maximum absolute atomic E-state index is 12.6. The van der Waals surface area contributed by atoms with Crippen molar-refractivity contribution in [1.82, 2.24) is 24.6 Å². The number of morpholine rings is 1. The van der Waals surface area contributed by atoms with E-state index in [2.05, 4.69) is 4.90 Å². The Kier molecular flexibility index (Phi) is 5.94. The third kappa shape index (κ3) is 4.82. The van der Waals surface area contributed by atoms with E-state index in [9.17, 15) is 4.79 Å². The van der Waals surface area contributed by atoms with Crippen LogP contribution in [0, 0.1) is 0 Å². The van der Waals surface area contributed by atoms with Crippen molar-refractivity contribution in [3.63, 3.8) is 0 Å². The van der Waals surface area contributed by atoms with Crippen LogP contribution in [0.5, 0.6) is 0 Å². The SMILES string of the molecule is CC(C)(C)OC(=O)N1CCC(n2ncc3c(N4CC5CCC(C4)O5)nc(-c4ccc(N)cc4)nc32)CC1. The van der Waals surface area contributed by atoms with E-state index in [1.165, 1.54) is 0 Å². The number of fused-ring (bicyclic) bond motifs is 3. The number of hydrogen-bond donors (Lipinski definition) is 1. The summed E-state index contributed by atoms with van der Waals surface area (Å²) >= 11 is 0. The summed E-state index contributed by atoms with van der Waals surface area (Å²) in [6, 6.07) is 7.81. The fraction of sp³-hybridized carbons (Fsp3) is 0.556. The first-order valence-electron chi connectivity index (χ1n) is 13.2. The van der Waals surface area contributed by atoms with E-state index in [4.69, 9.17) is 30.3 Å². The molecule has 1 aromatic carbocycles. The number of nitrogens with two attached hydrogens (primary N) is 1. The maximum atomic E-state index is 12.6. The zero-order valence-electron chi connectivity index (χ0n) is 21.8. The molecular formula is C27H35N7O3. The van der Waals surface area contributed by atoms with Crippen molar-refractivity contribution in [2.45, 2.75) is 70.3 Å². The van der Waals surface area contributed by atoms with Crippen LogP contribution in [-0.2, 0) is 9.47 Å². The zero-order valence-corrected chi connectivity index (χ0v) is 21.8. The Hall–Kier alpha value is -3.40. The van der Waals surface area contributed by atoms with E-state index in [0.717, 1.165) is 61.2 Å². The molecule has 10 nitrogen and oxygen atoms in total. The molecule has 2 N–H and O–H groups in total. The van der Waals surface area contributed by atoms with E-state index < -0.39 is 5.60 Å². The van der Waals surface area contributed by atoms with Crippen molar-refractivity contribution in [3.8, 4) is 11.4 Å². The van der Waals surface area contributed by atoms with E-state index >= 15 is 0 Å². The number of carbonyl (C=O) groups is 1. The van der Waals surface area contributed by atoms with Gasteiger partial charge in [0, 0.05) is 37.4 Å². The summed E-state index contributed by atoms with van der Waals surface area (Å²) in [6.45, 7) is 8.57. The van der Waals surface area contributed by atoms with Crippen molar-refractivity contribution in [2.75, 3.05) is 36.8 Å². The topological polar surface area (TPSA) is 112 Å². The highest BCUT2D eigenvalue weighted by molar-refractivity contribution is 5.89. The highest BCUT2D eigenvalue weighted by Gasteiger charge is 2.36. The van der Waals surface area contributed by atoms with Gasteiger partial charge in [-0.15, -0.1) is 0 Å². The Labute approximate surface area is 216 Å². The summed E-state index contributed by atoms with van der Waals surface area (Å²) in [5, 5.41) is 5.76. The highest BCUT2D eigenvalue weighted by Crippen LogP contribution is 2.35. The largest absolute Gasteiger partial charge is 0.444 e. The minimum atomic E-state index is -0.503. The van der Waals surface area contributed by atoms with Crippen molar-refractivity contribution in [1.29, 1.82) is 0 Å². The van der Waals surface area contributed by atoms with Crippen molar-refractivity contribution >= 4 is 28.6 Å². The predicted octanol–water partition coefficient (Wildman–Crippen LogP) is 4.02. The number of aromatic nitrogens is 4. The summed E-state index contributed by atoms with van der Waals surface area (Å²) < 4.78 is 13.7. The van der Waals surface area contributed by atoms with Gasteiger partial charge in [0.25, 0.3) is 0 Å². The van der Waals surface area contributed by atoms with Crippen LogP contribution in [-0.4, -0.2) is 74.7 Å². The molecule has 2 atom stereocenters. The second kappa shape index (κ2) is 9.16. The number of amides is 1. The second-order valence-corrected chi connectivity index (χ2v) is 11.4. The number of benzene rings is 1. The number of piperidine rings is 1. The summed E-state index contributed by atoms with van der Waals surface area (Å²) in [5.74, 6) is 1.57. The van der Waals surface area contributed by atoms with E-state index in [1.807, 2.05) is 55.9 Å². The fourth-order valence-electron chi connectivity index (χ4n) is 5.59. The van der Waals surface area contributed by atoms with Crippen LogP contribution >= 0.6 is 0 Å². The molecule has 0 spiro atoms. The monoisotopic (exact) mass is 505 g/mol. The summed E-state index contributed by atoms with van der Waals surface area (Å²) in [5.41, 5.74) is 7.88. The predicted molar refractivity (Wildman–Crippen MR) is 141 cm³/mol. The minimum Gasteiger partial charge on any atom is -0.444 e. The third-order valence-electron chi connectivity index (χ3n) is 7.41. The van der Waals surface area contributed by atoms with Crippen molar-refractivity contribution in [2.24, 2.45) is 0 Å². The lowest BCUT2D eigenvalue weighted by molar-refractivity contribution is 0.0186. The normalized spacial score (nSPS) is 22.6. The second-order valence-electron chi connectivity index (χ2n) is 11.4. The molecule has 3 aliphatic heterocycles. The van der Waals surface area contributed by atoms with Gasteiger partial charge in [0.05, 0.1) is 29.8 Å². The van der Waals surface area contributed by atoms with Crippen LogP contribution in [0.3, 0.4) is 0 Å². The van der Waals surface area contributed by atoms with Crippen molar-refractivity contribution in [3.05, 3.63) is 30.5 Å². The molecule has 1 amide bonds. The molecule has 2 unspecified atom stereocenters. The molecule has 0 aliphatic carbocycles. The molecule has 2 bridgehead atoms. The Morgan fingerprint density at radius 1 is 1.03 bits per heavy atom. The molecule has 5 heterocycles. The molecular weight excluding hydrogens is 470 g/mol. The van der Waals surface area contributed by atoms with Crippen LogP contribution < -0.4 is 10.6 Å². The molecule has 196 valence electrons. The average Bonchev–Trinajstić information content (AvgIpc) is 3.45.